The number of carbonyl (C=O) groups is 2. The maximum atomic E-state index is 12.8. The Hall–Kier alpha value is -3.15. The number of oxazole rings is 1. The molecule has 1 aromatic heterocycles. The highest BCUT2D eigenvalue weighted by molar-refractivity contribution is 5.97. The van der Waals surface area contributed by atoms with Gasteiger partial charge in [0.25, 0.3) is 11.8 Å². The summed E-state index contributed by atoms with van der Waals surface area (Å²) >= 11 is 0. The highest BCUT2D eigenvalue weighted by Crippen LogP contribution is 2.18. The number of nitrogens with zero attached hydrogens (tertiary/aromatic N) is 3. The van der Waals surface area contributed by atoms with Crippen molar-refractivity contribution in [2.45, 2.75) is 13.8 Å². The molecule has 0 spiro atoms. The van der Waals surface area contributed by atoms with Gasteiger partial charge in [0.15, 0.2) is 12.0 Å². The molecule has 0 unspecified atom stereocenters. The molecule has 6 nitrogen and oxygen atoms in total. The van der Waals surface area contributed by atoms with Crippen LogP contribution in [-0.4, -0.2) is 52.8 Å². The van der Waals surface area contributed by atoms with Gasteiger partial charge in [-0.2, -0.15) is 0 Å². The zero-order valence-corrected chi connectivity index (χ0v) is 15.4. The zero-order valence-electron chi connectivity index (χ0n) is 15.4. The highest BCUT2D eigenvalue weighted by Gasteiger charge is 2.26. The fourth-order valence-corrected chi connectivity index (χ4v) is 3.34. The summed E-state index contributed by atoms with van der Waals surface area (Å²) in [5, 5.41) is 0. The molecule has 1 fully saturated rings. The molecule has 27 heavy (non-hydrogen) atoms. The number of amides is 2. The molecule has 3 aromatic rings. The van der Waals surface area contributed by atoms with Crippen molar-refractivity contribution < 1.29 is 14.0 Å². The van der Waals surface area contributed by atoms with E-state index in [1.807, 2.05) is 36.9 Å². The van der Waals surface area contributed by atoms with E-state index in [0.29, 0.717) is 42.9 Å². The van der Waals surface area contributed by atoms with Gasteiger partial charge in [0.1, 0.15) is 5.52 Å². The van der Waals surface area contributed by atoms with Crippen LogP contribution < -0.4 is 0 Å². The minimum atomic E-state index is -0.0495. The van der Waals surface area contributed by atoms with Gasteiger partial charge < -0.3 is 14.2 Å². The Morgan fingerprint density at radius 3 is 2.07 bits per heavy atom. The molecule has 1 aliphatic rings. The lowest BCUT2D eigenvalue weighted by molar-refractivity contribution is 0.0535. The Morgan fingerprint density at radius 1 is 0.852 bits per heavy atom. The third-order valence-corrected chi connectivity index (χ3v) is 5.19. The van der Waals surface area contributed by atoms with E-state index in [1.54, 1.807) is 23.1 Å². The predicted octanol–water partition coefficient (Wildman–Crippen LogP) is 3.04. The van der Waals surface area contributed by atoms with E-state index >= 15 is 0 Å². The van der Waals surface area contributed by atoms with E-state index in [-0.39, 0.29) is 11.8 Å². The van der Waals surface area contributed by atoms with Crippen molar-refractivity contribution in [1.29, 1.82) is 0 Å². The van der Waals surface area contributed by atoms with Crippen molar-refractivity contribution in [2.24, 2.45) is 0 Å². The molecule has 0 radical (unpaired) electrons. The van der Waals surface area contributed by atoms with E-state index < -0.39 is 0 Å². The molecule has 138 valence electrons. The molecule has 0 bridgehead atoms. The normalized spacial score (nSPS) is 14.6. The average Bonchev–Trinajstić information content (AvgIpc) is 3.17. The van der Waals surface area contributed by atoms with Crippen LogP contribution >= 0.6 is 0 Å². The molecule has 4 rings (SSSR count). The first-order chi connectivity index (χ1) is 13.0. The molecule has 6 heteroatoms. The first-order valence-electron chi connectivity index (χ1n) is 9.02. The van der Waals surface area contributed by atoms with Crippen LogP contribution in [0.25, 0.3) is 11.1 Å². The third kappa shape index (κ3) is 3.30. The van der Waals surface area contributed by atoms with Crippen LogP contribution in [0, 0.1) is 13.8 Å². The second-order valence-electron chi connectivity index (χ2n) is 6.92. The van der Waals surface area contributed by atoms with Gasteiger partial charge in [-0.25, -0.2) is 4.98 Å². The van der Waals surface area contributed by atoms with E-state index in [1.165, 1.54) is 12.0 Å². The van der Waals surface area contributed by atoms with Crippen LogP contribution in [0.5, 0.6) is 0 Å². The number of hydrogen-bond donors (Lipinski definition) is 0. The van der Waals surface area contributed by atoms with Gasteiger partial charge >= 0.3 is 0 Å². The van der Waals surface area contributed by atoms with Crippen LogP contribution in [0.1, 0.15) is 31.8 Å². The van der Waals surface area contributed by atoms with Crippen molar-refractivity contribution >= 4 is 22.9 Å². The zero-order chi connectivity index (χ0) is 19.0. The van der Waals surface area contributed by atoms with Gasteiger partial charge in [-0.15, -0.1) is 0 Å². The fourth-order valence-electron chi connectivity index (χ4n) is 3.34. The average molecular weight is 363 g/mol. The molecule has 2 heterocycles. The second kappa shape index (κ2) is 6.87. The Bertz CT molecular complexity index is 1020. The lowest BCUT2D eigenvalue weighted by atomic mass is 10.1. The number of aromatic nitrogens is 1. The lowest BCUT2D eigenvalue weighted by Gasteiger charge is -2.35. The van der Waals surface area contributed by atoms with Crippen molar-refractivity contribution in [3.63, 3.8) is 0 Å². The number of benzene rings is 2. The number of rotatable bonds is 2. The van der Waals surface area contributed by atoms with Crippen LogP contribution in [-0.2, 0) is 0 Å². The summed E-state index contributed by atoms with van der Waals surface area (Å²) < 4.78 is 5.28. The first kappa shape index (κ1) is 17.3. The highest BCUT2D eigenvalue weighted by atomic mass is 16.3. The standard InChI is InChI=1S/C21H21N3O3/c1-14-3-4-16(11-15(14)2)20(25)23-7-9-24(10-8-23)21(26)17-5-6-18-19(12-17)27-13-22-18/h3-6,11-13H,7-10H2,1-2H3. The van der Waals surface area contributed by atoms with Gasteiger partial charge in [0, 0.05) is 37.3 Å². The molecule has 1 saturated heterocycles. The summed E-state index contributed by atoms with van der Waals surface area (Å²) in [7, 11) is 0. The smallest absolute Gasteiger partial charge is 0.254 e. The Kier molecular flexibility index (Phi) is 4.39. The van der Waals surface area contributed by atoms with Crippen molar-refractivity contribution in [1.82, 2.24) is 14.8 Å². The van der Waals surface area contributed by atoms with Crippen LogP contribution in [0.2, 0.25) is 0 Å². The predicted molar refractivity (Wildman–Crippen MR) is 102 cm³/mol. The lowest BCUT2D eigenvalue weighted by Crippen LogP contribution is -2.50. The van der Waals surface area contributed by atoms with E-state index in [2.05, 4.69) is 4.98 Å². The van der Waals surface area contributed by atoms with Crippen LogP contribution in [0.15, 0.2) is 47.2 Å². The Labute approximate surface area is 157 Å². The van der Waals surface area contributed by atoms with Crippen molar-refractivity contribution in [3.8, 4) is 0 Å². The monoisotopic (exact) mass is 363 g/mol. The molecule has 0 saturated carbocycles. The largest absolute Gasteiger partial charge is 0.443 e. The van der Waals surface area contributed by atoms with Gasteiger partial charge in [-0.1, -0.05) is 6.07 Å². The van der Waals surface area contributed by atoms with Gasteiger partial charge in [-0.05, 0) is 55.3 Å². The molecule has 0 N–H and O–H groups in total. The maximum absolute atomic E-state index is 12.8. The van der Waals surface area contributed by atoms with E-state index in [0.717, 1.165) is 11.1 Å². The summed E-state index contributed by atoms with van der Waals surface area (Å²) in [6.07, 6.45) is 1.37. The molecule has 0 aliphatic carbocycles. The van der Waals surface area contributed by atoms with Crippen molar-refractivity contribution in [2.75, 3.05) is 26.2 Å². The first-order valence-corrected chi connectivity index (χ1v) is 9.02. The molecule has 2 amide bonds. The molecule has 0 atom stereocenters. The summed E-state index contributed by atoms with van der Waals surface area (Å²) in [6.45, 7) is 6.13. The van der Waals surface area contributed by atoms with Crippen LogP contribution in [0.4, 0.5) is 0 Å². The molecule has 1 aliphatic heterocycles. The number of aryl methyl sites for hydroxylation is 2. The summed E-state index contributed by atoms with van der Waals surface area (Å²) in [4.78, 5) is 33.1. The summed E-state index contributed by atoms with van der Waals surface area (Å²) in [5.41, 5.74) is 4.89. The summed E-state index contributed by atoms with van der Waals surface area (Å²) in [5.74, 6) is -0.0279. The second-order valence-corrected chi connectivity index (χ2v) is 6.92. The van der Waals surface area contributed by atoms with Crippen LogP contribution in [0.3, 0.4) is 0 Å². The minimum Gasteiger partial charge on any atom is -0.443 e. The van der Waals surface area contributed by atoms with Gasteiger partial charge in [0.05, 0.1) is 0 Å². The molecule has 2 aromatic carbocycles. The minimum absolute atomic E-state index is 0.0216. The Balaban J connectivity index is 1.42. The number of carbonyl (C=O) groups excluding carboxylic acids is 2. The molecular weight excluding hydrogens is 342 g/mol. The van der Waals surface area contributed by atoms with Gasteiger partial charge in [-0.3, -0.25) is 9.59 Å². The molecular formula is C21H21N3O3. The summed E-state index contributed by atoms with van der Waals surface area (Å²) in [6, 6.07) is 11.0. The van der Waals surface area contributed by atoms with Crippen molar-refractivity contribution in [3.05, 3.63) is 65.0 Å². The van der Waals surface area contributed by atoms with E-state index in [4.69, 9.17) is 4.42 Å². The SMILES string of the molecule is Cc1ccc(C(=O)N2CCN(C(=O)c3ccc4ncoc4c3)CC2)cc1C. The quantitative estimate of drug-likeness (QED) is 0.702. The number of hydrogen-bond acceptors (Lipinski definition) is 4. The topological polar surface area (TPSA) is 66.7 Å². The number of piperazine rings is 1. The van der Waals surface area contributed by atoms with Gasteiger partial charge in [0.2, 0.25) is 0 Å². The maximum Gasteiger partial charge on any atom is 0.254 e. The third-order valence-electron chi connectivity index (χ3n) is 5.19. The van der Waals surface area contributed by atoms with E-state index in [9.17, 15) is 9.59 Å². The fraction of sp³-hybridized carbons (Fsp3) is 0.286. The number of fused-ring (bicyclic) bond motifs is 1. The Morgan fingerprint density at radius 2 is 1.44 bits per heavy atom.